The van der Waals surface area contributed by atoms with Gasteiger partial charge in [0.15, 0.2) is 0 Å². The molecule has 45 heavy (non-hydrogen) atoms. The predicted molar refractivity (Wildman–Crippen MR) is 182 cm³/mol. The molecular weight excluding hydrogens is 583 g/mol. The van der Waals surface area contributed by atoms with Crippen molar-refractivity contribution in [3.63, 3.8) is 0 Å². The third kappa shape index (κ3) is 8.31. The number of phenolic OH excluding ortho intramolecular Hbond substituents is 2. The smallest absolute Gasteiger partial charge is 0.508 e. The molecule has 0 spiro atoms. The molecule has 0 unspecified atom stereocenters. The van der Waals surface area contributed by atoms with Gasteiger partial charge in [0.1, 0.15) is 23.0 Å². The Morgan fingerprint density at radius 3 is 1.24 bits per heavy atom. The van der Waals surface area contributed by atoms with Gasteiger partial charge in [-0.25, -0.2) is 4.57 Å². The highest BCUT2D eigenvalue weighted by molar-refractivity contribution is 7.48. The zero-order chi connectivity index (χ0) is 32.8. The van der Waals surface area contributed by atoms with Gasteiger partial charge in [-0.1, -0.05) is 103 Å². The molecule has 4 aromatic carbocycles. The van der Waals surface area contributed by atoms with Crippen molar-refractivity contribution in [2.75, 3.05) is 0 Å². The average Bonchev–Trinajstić information content (AvgIpc) is 3.00. The van der Waals surface area contributed by atoms with E-state index in [0.29, 0.717) is 11.5 Å². The number of hydrogen-bond acceptors (Lipinski definition) is 5. The van der Waals surface area contributed by atoms with E-state index in [-0.39, 0.29) is 22.3 Å². The van der Waals surface area contributed by atoms with Gasteiger partial charge in [-0.05, 0) is 95.5 Å². The van der Waals surface area contributed by atoms with Crippen LogP contribution in [0.15, 0.2) is 84.9 Å². The maximum absolute atomic E-state index is 12.9. The largest absolute Gasteiger partial charge is 0.584 e. The summed E-state index contributed by atoms with van der Waals surface area (Å²) in [6.07, 6.45) is 5.77. The summed E-state index contributed by atoms with van der Waals surface area (Å²) in [5, 5.41) is 20.6. The molecular formula is C38H47O6P. The molecule has 0 amide bonds. The SMILES string of the molecule is CCCCc1cc(C(C)(C)c2ccc(OP(=O)(O)Oc3ccc(C(C)(C)c4ccc(O)c(CCCC)c4)cc3)cc2)ccc1O. The Morgan fingerprint density at radius 1 is 0.578 bits per heavy atom. The number of unbranched alkanes of at least 4 members (excludes halogenated alkanes) is 2. The second-order valence-corrected chi connectivity index (χ2v) is 14.1. The molecule has 240 valence electrons. The van der Waals surface area contributed by atoms with Gasteiger partial charge in [0, 0.05) is 10.8 Å². The third-order valence-corrected chi connectivity index (χ3v) is 9.68. The molecule has 0 aliphatic heterocycles. The fourth-order valence-corrected chi connectivity index (χ4v) is 6.38. The summed E-state index contributed by atoms with van der Waals surface area (Å²) in [7, 11) is -4.47. The van der Waals surface area contributed by atoms with Crippen molar-refractivity contribution in [1.82, 2.24) is 0 Å². The number of aryl methyl sites for hydroxylation is 2. The topological polar surface area (TPSA) is 96.2 Å². The van der Waals surface area contributed by atoms with Crippen molar-refractivity contribution >= 4 is 7.82 Å². The number of phosphoric ester groups is 1. The Morgan fingerprint density at radius 2 is 0.911 bits per heavy atom. The first-order valence-electron chi connectivity index (χ1n) is 15.8. The molecule has 4 aromatic rings. The average molecular weight is 631 g/mol. The van der Waals surface area contributed by atoms with Gasteiger partial charge in [0.2, 0.25) is 0 Å². The minimum Gasteiger partial charge on any atom is -0.508 e. The van der Waals surface area contributed by atoms with Crippen molar-refractivity contribution in [3.05, 3.63) is 118 Å². The third-order valence-electron chi connectivity index (χ3n) is 8.80. The van der Waals surface area contributed by atoms with Crippen molar-refractivity contribution in [1.29, 1.82) is 0 Å². The van der Waals surface area contributed by atoms with E-state index in [9.17, 15) is 19.7 Å². The predicted octanol–water partition coefficient (Wildman–Crippen LogP) is 9.99. The Hall–Kier alpha value is -3.73. The molecule has 0 atom stereocenters. The lowest BCUT2D eigenvalue weighted by Gasteiger charge is -2.27. The lowest BCUT2D eigenvalue weighted by atomic mass is 9.77. The fourth-order valence-electron chi connectivity index (χ4n) is 5.57. The van der Waals surface area contributed by atoms with Crippen LogP contribution >= 0.6 is 7.82 Å². The quantitative estimate of drug-likeness (QED) is 0.120. The number of phosphoric acid groups is 1. The van der Waals surface area contributed by atoms with E-state index < -0.39 is 7.82 Å². The number of aromatic hydroxyl groups is 2. The molecule has 4 rings (SSSR count). The summed E-state index contributed by atoms with van der Waals surface area (Å²) >= 11 is 0. The monoisotopic (exact) mass is 630 g/mol. The van der Waals surface area contributed by atoms with Crippen LogP contribution in [-0.4, -0.2) is 15.1 Å². The highest BCUT2D eigenvalue weighted by atomic mass is 31.2. The molecule has 6 nitrogen and oxygen atoms in total. The highest BCUT2D eigenvalue weighted by Gasteiger charge is 2.29. The van der Waals surface area contributed by atoms with E-state index >= 15 is 0 Å². The Kier molecular flexibility index (Phi) is 10.7. The normalized spacial score (nSPS) is 12.2. The molecule has 0 aliphatic rings. The van der Waals surface area contributed by atoms with Gasteiger partial charge < -0.3 is 19.3 Å². The van der Waals surface area contributed by atoms with Gasteiger partial charge in [0.25, 0.3) is 0 Å². The highest BCUT2D eigenvalue weighted by Crippen LogP contribution is 2.45. The van der Waals surface area contributed by atoms with Crippen LogP contribution in [-0.2, 0) is 28.2 Å². The summed E-state index contributed by atoms with van der Waals surface area (Å²) in [6, 6.07) is 25.7. The van der Waals surface area contributed by atoms with Gasteiger partial charge >= 0.3 is 7.82 Å². The lowest BCUT2D eigenvalue weighted by molar-refractivity contribution is 0.291. The number of hydrogen-bond donors (Lipinski definition) is 3. The van der Waals surface area contributed by atoms with Crippen molar-refractivity contribution < 1.29 is 28.7 Å². The van der Waals surface area contributed by atoms with Gasteiger partial charge in [-0.15, -0.1) is 0 Å². The summed E-state index contributed by atoms with van der Waals surface area (Å²) in [6.45, 7) is 12.7. The molecule has 0 bridgehead atoms. The van der Waals surface area contributed by atoms with Crippen LogP contribution in [0.5, 0.6) is 23.0 Å². The first-order chi connectivity index (χ1) is 21.3. The van der Waals surface area contributed by atoms with Crippen LogP contribution < -0.4 is 9.05 Å². The first-order valence-corrected chi connectivity index (χ1v) is 17.3. The molecule has 0 fully saturated rings. The minimum atomic E-state index is -4.47. The zero-order valence-corrected chi connectivity index (χ0v) is 28.2. The Balaban J connectivity index is 1.44. The minimum absolute atomic E-state index is 0.221. The Labute approximate surface area is 268 Å². The van der Waals surface area contributed by atoms with E-state index in [4.69, 9.17) is 9.05 Å². The number of rotatable bonds is 14. The number of phenols is 2. The first kappa shape index (κ1) is 34.1. The van der Waals surface area contributed by atoms with Gasteiger partial charge in [0.05, 0.1) is 0 Å². The maximum Gasteiger partial charge on any atom is 0.584 e. The van der Waals surface area contributed by atoms with Crippen molar-refractivity contribution in [2.24, 2.45) is 0 Å². The number of benzene rings is 4. The van der Waals surface area contributed by atoms with Crippen LogP contribution in [0.4, 0.5) is 0 Å². The lowest BCUT2D eigenvalue weighted by Crippen LogP contribution is -2.19. The molecule has 0 saturated heterocycles. The van der Waals surface area contributed by atoms with Crippen LogP contribution in [0.1, 0.15) is 101 Å². The molecule has 0 aliphatic carbocycles. The summed E-state index contributed by atoms with van der Waals surface area (Å²) < 4.78 is 23.8. The second-order valence-electron chi connectivity index (χ2n) is 12.8. The van der Waals surface area contributed by atoms with Gasteiger partial charge in [-0.3, -0.25) is 4.89 Å². The molecule has 0 heterocycles. The van der Waals surface area contributed by atoms with Crippen LogP contribution in [0.3, 0.4) is 0 Å². The second kappa shape index (κ2) is 14.1. The van der Waals surface area contributed by atoms with Crippen LogP contribution in [0.2, 0.25) is 0 Å². The van der Waals surface area contributed by atoms with E-state index in [2.05, 4.69) is 53.7 Å². The van der Waals surface area contributed by atoms with Crippen LogP contribution in [0.25, 0.3) is 0 Å². The van der Waals surface area contributed by atoms with Crippen molar-refractivity contribution in [2.45, 2.75) is 90.9 Å². The van der Waals surface area contributed by atoms with E-state index in [1.807, 2.05) is 36.4 Å². The van der Waals surface area contributed by atoms with Crippen LogP contribution in [0, 0.1) is 0 Å². The zero-order valence-electron chi connectivity index (χ0n) is 27.3. The molecule has 0 saturated carbocycles. The maximum atomic E-state index is 12.9. The summed E-state index contributed by atoms with van der Waals surface area (Å²) in [4.78, 5) is 10.6. The molecule has 0 aromatic heterocycles. The van der Waals surface area contributed by atoms with Crippen molar-refractivity contribution in [3.8, 4) is 23.0 Å². The van der Waals surface area contributed by atoms with E-state index in [1.165, 1.54) is 0 Å². The molecule has 3 N–H and O–H groups in total. The van der Waals surface area contributed by atoms with Gasteiger partial charge in [-0.2, -0.15) is 0 Å². The fraction of sp³-hybridized carbons (Fsp3) is 0.368. The molecule has 0 radical (unpaired) electrons. The summed E-state index contributed by atoms with van der Waals surface area (Å²) in [5.41, 5.74) is 5.30. The molecule has 7 heteroatoms. The van der Waals surface area contributed by atoms with E-state index in [0.717, 1.165) is 71.9 Å². The van der Waals surface area contributed by atoms with E-state index in [1.54, 1.807) is 36.4 Å². The standard InChI is InChI=1S/C38H47O6P/c1-7-9-11-27-25-31(17-23-35(27)39)37(3,4)29-13-19-33(20-14-29)43-45(41,42)44-34-21-15-30(16-22-34)38(5,6)32-18-24-36(40)28(26-32)12-10-8-2/h13-26,39-40H,7-12H2,1-6H3,(H,41,42). The Bertz CT molecular complexity index is 1500. The summed E-state index contributed by atoms with van der Waals surface area (Å²) in [5.74, 6) is 1.08.